The van der Waals surface area contributed by atoms with Crippen LogP contribution >= 0.6 is 23.8 Å². The lowest BCUT2D eigenvalue weighted by molar-refractivity contribution is -0.931. The van der Waals surface area contributed by atoms with Crippen molar-refractivity contribution in [3.8, 4) is 11.4 Å². The highest BCUT2D eigenvalue weighted by molar-refractivity contribution is 7.71. The number of aromatic nitrogens is 3. The first-order valence-corrected chi connectivity index (χ1v) is 8.25. The zero-order valence-corrected chi connectivity index (χ0v) is 14.1. The van der Waals surface area contributed by atoms with Gasteiger partial charge in [-0.05, 0) is 37.2 Å². The van der Waals surface area contributed by atoms with Crippen molar-refractivity contribution in [2.45, 2.75) is 25.6 Å². The van der Waals surface area contributed by atoms with Crippen LogP contribution in [0.25, 0.3) is 11.4 Å². The molecule has 0 amide bonds. The average Bonchev–Trinajstić information content (AvgIpc) is 2.76. The van der Waals surface area contributed by atoms with Gasteiger partial charge in [-0.1, -0.05) is 23.7 Å². The number of hydrogen-bond acceptors (Lipinski definition) is 3. The Bertz CT molecular complexity index is 727. The summed E-state index contributed by atoms with van der Waals surface area (Å²) in [5, 5.41) is 15.1. The van der Waals surface area contributed by atoms with Crippen LogP contribution in [0.5, 0.6) is 0 Å². The number of rotatable bonds is 3. The van der Waals surface area contributed by atoms with Gasteiger partial charge in [0.15, 0.2) is 12.5 Å². The second-order valence-corrected chi connectivity index (χ2v) is 6.58. The Morgan fingerprint density at radius 2 is 2.23 bits per heavy atom. The second kappa shape index (κ2) is 6.50. The van der Waals surface area contributed by atoms with E-state index in [1.54, 1.807) is 0 Å². The Kier molecular flexibility index (Phi) is 4.63. The minimum atomic E-state index is -0.218. The van der Waals surface area contributed by atoms with Gasteiger partial charge in [0, 0.05) is 12.6 Å². The van der Waals surface area contributed by atoms with Crippen LogP contribution in [0, 0.1) is 4.77 Å². The van der Waals surface area contributed by atoms with Gasteiger partial charge >= 0.3 is 0 Å². The van der Waals surface area contributed by atoms with E-state index in [4.69, 9.17) is 23.8 Å². The van der Waals surface area contributed by atoms with Crippen LogP contribution < -0.4 is 4.90 Å². The molecule has 2 aromatic rings. The molecular formula is C15H20ClN4OS+. The van der Waals surface area contributed by atoms with E-state index in [9.17, 15) is 5.11 Å². The van der Waals surface area contributed by atoms with Gasteiger partial charge in [-0.3, -0.25) is 0 Å². The van der Waals surface area contributed by atoms with Crippen molar-refractivity contribution >= 4 is 23.8 Å². The lowest BCUT2D eigenvalue weighted by atomic mass is 10.1. The van der Waals surface area contributed by atoms with Crippen molar-refractivity contribution in [1.29, 1.82) is 0 Å². The Balaban J connectivity index is 1.90. The summed E-state index contributed by atoms with van der Waals surface area (Å²) >= 11 is 11.8. The third-order valence-electron chi connectivity index (χ3n) is 4.12. The molecule has 1 fully saturated rings. The molecule has 0 spiro atoms. The van der Waals surface area contributed by atoms with E-state index in [0.717, 1.165) is 37.3 Å². The molecule has 0 bridgehead atoms. The Labute approximate surface area is 139 Å². The smallest absolute Gasteiger partial charge is 0.202 e. The normalized spacial score (nSPS) is 22.0. The van der Waals surface area contributed by atoms with Crippen LogP contribution in [0.4, 0.5) is 0 Å². The number of quaternary nitrogens is 1. The van der Waals surface area contributed by atoms with Gasteiger partial charge in [-0.2, -0.15) is 4.68 Å². The lowest BCUT2D eigenvalue weighted by Gasteiger charge is -2.26. The number of piperidine rings is 1. The molecule has 118 valence electrons. The molecule has 2 atom stereocenters. The van der Waals surface area contributed by atoms with Crippen LogP contribution in [-0.4, -0.2) is 38.6 Å². The summed E-state index contributed by atoms with van der Waals surface area (Å²) in [4.78, 5) is 1.30. The van der Waals surface area contributed by atoms with Crippen molar-refractivity contribution in [1.82, 2.24) is 14.3 Å². The first kappa shape index (κ1) is 15.7. The number of nitrogens with one attached hydrogen (secondary N) is 1. The molecule has 7 heteroatoms. The molecule has 3 rings (SSSR count). The van der Waals surface area contributed by atoms with Crippen molar-refractivity contribution in [2.24, 2.45) is 7.05 Å². The van der Waals surface area contributed by atoms with E-state index < -0.39 is 0 Å². The van der Waals surface area contributed by atoms with Crippen LogP contribution in [0.3, 0.4) is 0 Å². The minimum Gasteiger partial charge on any atom is -0.387 e. The third-order valence-corrected chi connectivity index (χ3v) is 4.94. The summed E-state index contributed by atoms with van der Waals surface area (Å²) in [6.07, 6.45) is 1.71. The predicted octanol–water partition coefficient (Wildman–Crippen LogP) is 1.27. The van der Waals surface area contributed by atoms with Gasteiger partial charge < -0.3 is 14.6 Å². The number of aliphatic hydroxyl groups is 1. The maximum atomic E-state index is 9.80. The van der Waals surface area contributed by atoms with E-state index in [1.807, 2.05) is 40.6 Å². The lowest BCUT2D eigenvalue weighted by Crippen LogP contribution is -3.13. The molecule has 1 unspecified atom stereocenters. The molecule has 5 nitrogen and oxygen atoms in total. The molecule has 22 heavy (non-hydrogen) atoms. The summed E-state index contributed by atoms with van der Waals surface area (Å²) < 4.78 is 4.39. The van der Waals surface area contributed by atoms with Gasteiger partial charge in [0.1, 0.15) is 12.6 Å². The number of aliphatic hydroxyl groups excluding tert-OH is 1. The zero-order valence-electron chi connectivity index (χ0n) is 12.5. The first-order valence-electron chi connectivity index (χ1n) is 7.46. The topological polar surface area (TPSA) is 47.4 Å². The summed E-state index contributed by atoms with van der Waals surface area (Å²) in [6, 6.07) is 7.64. The maximum absolute atomic E-state index is 9.80. The number of hydrogen-bond donors (Lipinski definition) is 2. The van der Waals surface area contributed by atoms with Crippen LogP contribution in [-0.2, 0) is 13.7 Å². The van der Waals surface area contributed by atoms with Gasteiger partial charge in [0.2, 0.25) is 4.77 Å². The fourth-order valence-electron chi connectivity index (χ4n) is 2.95. The summed E-state index contributed by atoms with van der Waals surface area (Å²) in [5.74, 6) is 0.771. The molecule has 1 saturated heterocycles. The third kappa shape index (κ3) is 3.10. The maximum Gasteiger partial charge on any atom is 0.202 e. The fourth-order valence-corrected chi connectivity index (χ4v) is 3.36. The molecule has 0 aliphatic carbocycles. The van der Waals surface area contributed by atoms with Crippen LogP contribution in [0.2, 0.25) is 5.02 Å². The molecular weight excluding hydrogens is 320 g/mol. The molecule has 0 saturated carbocycles. The van der Waals surface area contributed by atoms with Crippen LogP contribution in [0.1, 0.15) is 12.8 Å². The zero-order chi connectivity index (χ0) is 15.7. The molecule has 2 heterocycles. The van der Waals surface area contributed by atoms with E-state index in [2.05, 4.69) is 5.10 Å². The molecule has 1 aromatic carbocycles. The monoisotopic (exact) mass is 339 g/mol. The van der Waals surface area contributed by atoms with Gasteiger partial charge in [-0.15, -0.1) is 5.10 Å². The standard InChI is InChI=1S/C15H19ClN4OS/c1-18-14(12-6-2-3-7-13(12)16)17-20(15(18)22)10-19-8-4-5-11(21)9-19/h2-3,6-7,11,21H,4-5,8-10H2,1H3/p+1/t11-/m1/s1. The van der Waals surface area contributed by atoms with E-state index in [0.29, 0.717) is 16.5 Å². The van der Waals surface area contributed by atoms with Gasteiger partial charge in [0.25, 0.3) is 0 Å². The Morgan fingerprint density at radius 1 is 1.45 bits per heavy atom. The predicted molar refractivity (Wildman–Crippen MR) is 88.4 cm³/mol. The summed E-state index contributed by atoms with van der Waals surface area (Å²) in [5.41, 5.74) is 0.880. The largest absolute Gasteiger partial charge is 0.387 e. The first-order chi connectivity index (χ1) is 10.6. The highest BCUT2D eigenvalue weighted by atomic mass is 35.5. The fraction of sp³-hybridized carbons (Fsp3) is 0.467. The summed E-state index contributed by atoms with van der Waals surface area (Å²) in [6.45, 7) is 2.46. The molecule has 1 aliphatic rings. The van der Waals surface area contributed by atoms with Crippen molar-refractivity contribution < 1.29 is 10.0 Å². The van der Waals surface area contributed by atoms with Gasteiger partial charge in [0.05, 0.1) is 11.6 Å². The Morgan fingerprint density at radius 3 is 2.95 bits per heavy atom. The van der Waals surface area contributed by atoms with E-state index in [-0.39, 0.29) is 6.10 Å². The van der Waals surface area contributed by atoms with E-state index in [1.165, 1.54) is 4.90 Å². The number of halogens is 1. The minimum absolute atomic E-state index is 0.218. The Hall–Kier alpha value is -1.21. The quantitative estimate of drug-likeness (QED) is 0.828. The van der Waals surface area contributed by atoms with Crippen molar-refractivity contribution in [2.75, 3.05) is 13.1 Å². The molecule has 0 radical (unpaired) electrons. The number of likely N-dealkylation sites (tertiary alicyclic amines) is 1. The van der Waals surface area contributed by atoms with Crippen molar-refractivity contribution in [3.63, 3.8) is 0 Å². The second-order valence-electron chi connectivity index (χ2n) is 5.80. The van der Waals surface area contributed by atoms with Gasteiger partial charge in [-0.25, -0.2) is 0 Å². The number of benzene rings is 1. The van der Waals surface area contributed by atoms with Crippen molar-refractivity contribution in [3.05, 3.63) is 34.1 Å². The van der Waals surface area contributed by atoms with Crippen LogP contribution in [0.15, 0.2) is 24.3 Å². The highest BCUT2D eigenvalue weighted by Crippen LogP contribution is 2.25. The summed E-state index contributed by atoms with van der Waals surface area (Å²) in [7, 11) is 1.91. The SMILES string of the molecule is Cn1c(-c2ccccc2Cl)nn(C[NH+]2CCC[C@@H](O)C2)c1=S. The van der Waals surface area contributed by atoms with E-state index >= 15 is 0 Å². The molecule has 2 N–H and O–H groups in total. The highest BCUT2D eigenvalue weighted by Gasteiger charge is 2.22. The average molecular weight is 340 g/mol. The molecule has 1 aromatic heterocycles. The molecule has 1 aliphatic heterocycles. The number of nitrogens with zero attached hydrogens (tertiary/aromatic N) is 3.